The summed E-state index contributed by atoms with van der Waals surface area (Å²) in [5, 5.41) is 190. The molecule has 9 heterocycles. The maximum atomic E-state index is 17.0. The number of amides is 8. The average molecular weight is 1890 g/mol. The molecule has 42 nitrogen and oxygen atoms in total. The summed E-state index contributed by atoms with van der Waals surface area (Å²) in [6.45, 7) is 1.99. The SMILES string of the molecule is CCC(C)CCCCCCC(=O)N[C@H]1[C@H](Oc2c3cc4cc2Oc2ccc(cc2Cl)[C@@H](O[C@@H]2O[C@H](CO)[C@@H](O)[C@H](O)[C@H]2NC(C)=O)[C@@H]2NC(=O)[C@H](NC(=O)[C@@H]4NC(=O)[C@H]4NC(=O)[C@@H](Cc5ccc(c(Cl)c5)O3)NC(=O)C(=O)c3ccc(O)c(c3)Oc3cc(O)cc4c3)c3ccc(O)c(c3)-c3c(O[C@H]4O[C@H](CO)[C@@H](O)[C@H](O)[C@@H]4O)cc(O)cc3[C@H](C(=O)O)NC2=O)O[C@H](CO)[C@@H](O)[C@@H]1O. The molecule has 0 aromatic heterocycles. The van der Waals surface area contributed by atoms with E-state index in [1.54, 1.807) is 0 Å². The molecule has 8 amide bonds. The number of hydrogen-bond donors (Lipinski definition) is 23. The Hall–Kier alpha value is -12.3. The Kier molecular flexibility index (Phi) is 29.8. The monoisotopic (exact) mass is 1890 g/mol. The van der Waals surface area contributed by atoms with Crippen LogP contribution >= 0.6 is 23.2 Å². The molecule has 0 aliphatic carbocycles. The molecule has 9 aliphatic rings. The van der Waals surface area contributed by atoms with Gasteiger partial charge in [-0.25, -0.2) is 4.79 Å². The summed E-state index contributed by atoms with van der Waals surface area (Å²) in [4.78, 5) is 152. The molecule has 23 N–H and O–H groups in total. The van der Waals surface area contributed by atoms with E-state index < -0.39 is 327 Å². The van der Waals surface area contributed by atoms with E-state index in [0.717, 1.165) is 130 Å². The summed E-state index contributed by atoms with van der Waals surface area (Å²) in [7, 11) is 0. The number of phenols is 4. The number of ketones is 1. The number of hydrogen-bond acceptors (Lipinski definition) is 33. The van der Waals surface area contributed by atoms with Crippen molar-refractivity contribution in [3.8, 4) is 80.1 Å². The van der Waals surface area contributed by atoms with E-state index in [4.69, 9.17) is 65.8 Å². The number of carboxylic acid groups (broad SMARTS) is 1. The van der Waals surface area contributed by atoms with Crippen LogP contribution in [0.1, 0.15) is 140 Å². The number of aromatic hydroxyl groups is 4. The number of aliphatic hydroxyl groups is 10. The van der Waals surface area contributed by atoms with E-state index >= 15 is 24.0 Å². The largest absolute Gasteiger partial charge is 0.508 e. The molecule has 3 saturated heterocycles. The number of carboxylic acids is 1. The Morgan fingerprint density at radius 3 is 1.71 bits per heavy atom. The van der Waals surface area contributed by atoms with Crippen molar-refractivity contribution in [2.45, 2.75) is 206 Å². The van der Waals surface area contributed by atoms with Gasteiger partial charge in [0.05, 0.1) is 29.9 Å². The molecule has 133 heavy (non-hydrogen) atoms. The van der Waals surface area contributed by atoms with Crippen molar-refractivity contribution in [3.05, 3.63) is 164 Å². The Morgan fingerprint density at radius 1 is 0.511 bits per heavy atom. The highest BCUT2D eigenvalue weighted by atomic mass is 35.5. The lowest BCUT2D eigenvalue weighted by atomic mass is 9.89. The Morgan fingerprint density at radius 2 is 1.08 bits per heavy atom. The minimum atomic E-state index is -2.60. The summed E-state index contributed by atoms with van der Waals surface area (Å²) < 4.78 is 57.3. The topological polar surface area (TPSA) is 653 Å². The van der Waals surface area contributed by atoms with Crippen LogP contribution < -0.4 is 66.2 Å². The van der Waals surface area contributed by atoms with Crippen molar-refractivity contribution in [3.63, 3.8) is 0 Å². The fourth-order valence-corrected chi connectivity index (χ4v) is 17.0. The van der Waals surface area contributed by atoms with Crippen LogP contribution in [-0.4, -0.2) is 260 Å². The molecule has 710 valence electrons. The first-order valence-electron chi connectivity index (χ1n) is 42.3. The molecule has 16 rings (SSSR count). The van der Waals surface area contributed by atoms with Gasteiger partial charge in [-0.2, -0.15) is 0 Å². The number of aliphatic hydroxyl groups excluding tert-OH is 10. The number of aliphatic carboxylic acids is 1. The second-order valence-corrected chi connectivity index (χ2v) is 33.9. The molecule has 7 aromatic carbocycles. The minimum Gasteiger partial charge on any atom is -0.508 e. The van der Waals surface area contributed by atoms with Crippen molar-refractivity contribution < 1.29 is 167 Å². The van der Waals surface area contributed by atoms with Crippen LogP contribution in [0.5, 0.6) is 69.0 Å². The number of nitrogens with one attached hydrogen (secondary N) is 8. The second-order valence-electron chi connectivity index (χ2n) is 33.1. The molecule has 0 spiro atoms. The fraction of sp³-hybridized carbons (Fsp3) is 0.416. The van der Waals surface area contributed by atoms with E-state index in [0.29, 0.717) is 18.8 Å². The average Bonchev–Trinajstić information content (AvgIpc) is 0.763. The lowest BCUT2D eigenvalue weighted by molar-refractivity contribution is -0.284. The Balaban J connectivity index is 1.03. The van der Waals surface area contributed by atoms with Crippen LogP contribution in [0, 0.1) is 5.92 Å². The van der Waals surface area contributed by atoms with Gasteiger partial charge in [0, 0.05) is 54.2 Å². The van der Waals surface area contributed by atoms with Gasteiger partial charge in [-0.05, 0) is 125 Å². The van der Waals surface area contributed by atoms with Gasteiger partial charge in [-0.15, -0.1) is 0 Å². The van der Waals surface area contributed by atoms with Gasteiger partial charge in [0.25, 0.3) is 5.91 Å². The minimum absolute atomic E-state index is 0.0926. The van der Waals surface area contributed by atoms with Gasteiger partial charge in [-0.1, -0.05) is 87.4 Å². The number of fused-ring (bicyclic) bond motifs is 14. The van der Waals surface area contributed by atoms with Crippen LogP contribution in [0.25, 0.3) is 11.1 Å². The first-order valence-corrected chi connectivity index (χ1v) is 43.0. The third-order valence-electron chi connectivity index (χ3n) is 23.8. The van der Waals surface area contributed by atoms with Gasteiger partial charge in [0.15, 0.2) is 35.3 Å². The number of carbonyl (C=O) groups excluding carboxylic acids is 9. The lowest BCUT2D eigenvalue weighted by Gasteiger charge is -2.44. The number of carbonyl (C=O) groups is 10. The molecule has 7 aromatic rings. The van der Waals surface area contributed by atoms with Crippen LogP contribution in [0.4, 0.5) is 0 Å². The van der Waals surface area contributed by atoms with Gasteiger partial charge >= 0.3 is 5.97 Å². The van der Waals surface area contributed by atoms with E-state index in [9.17, 15) is 101 Å². The summed E-state index contributed by atoms with van der Waals surface area (Å²) in [6, 6.07) is 1.03. The summed E-state index contributed by atoms with van der Waals surface area (Å²) >= 11 is 14.7. The third-order valence-corrected chi connectivity index (χ3v) is 24.4. The van der Waals surface area contributed by atoms with Crippen LogP contribution in [0.2, 0.25) is 10.0 Å². The number of unbranched alkanes of at least 4 members (excludes halogenated alkanes) is 3. The third kappa shape index (κ3) is 21.0. The number of phenolic OH excluding ortho intramolecular Hbond substituents is 4. The summed E-state index contributed by atoms with van der Waals surface area (Å²) in [5.41, 5.74) is -4.41. The lowest BCUT2D eigenvalue weighted by Crippen LogP contribution is -2.65. The van der Waals surface area contributed by atoms with Crippen molar-refractivity contribution in [1.29, 1.82) is 0 Å². The van der Waals surface area contributed by atoms with E-state index in [-0.39, 0.29) is 28.3 Å². The number of rotatable bonds is 20. The first kappa shape index (κ1) is 96.7. The smallest absolute Gasteiger partial charge is 0.330 e. The van der Waals surface area contributed by atoms with Crippen molar-refractivity contribution in [2.24, 2.45) is 5.92 Å². The maximum absolute atomic E-state index is 17.0. The molecule has 17 bridgehead atoms. The molecular weight excluding hydrogens is 1800 g/mol. The number of ether oxygens (including phenoxy) is 9. The maximum Gasteiger partial charge on any atom is 0.330 e. The van der Waals surface area contributed by atoms with Gasteiger partial charge in [0.2, 0.25) is 65.5 Å². The second kappa shape index (κ2) is 41.0. The highest BCUT2D eigenvalue weighted by molar-refractivity contribution is 6.43. The van der Waals surface area contributed by atoms with E-state index in [2.05, 4.69) is 56.4 Å². The summed E-state index contributed by atoms with van der Waals surface area (Å²) in [5.74, 6) is -21.5. The quantitative estimate of drug-likeness (QED) is 0.0380. The molecular formula is C89H96Cl2N8O34. The van der Waals surface area contributed by atoms with E-state index in [1.807, 2.05) is 0 Å². The molecule has 3 fully saturated rings. The van der Waals surface area contributed by atoms with Crippen molar-refractivity contribution >= 4 is 82.2 Å². The molecule has 9 aliphatic heterocycles. The molecule has 23 atom stereocenters. The first-order chi connectivity index (χ1) is 63.4. The highest BCUT2D eigenvalue weighted by Crippen LogP contribution is 2.51. The standard InChI is InChI=1S/C89H96Cl2N8O34/c1-4-34(2)9-7-5-6-8-10-61(108)94-68-75(114)72(111)59(32-101)130-88(68)133-79-56-26-41-27-57(79)127-53-18-14-39(24-48(53)91)78(132-87-67(92-35(3)103)74(113)71(110)58(31-100)129-87)69-84(121)98-66(86(123)124)46-29-43(105)30-55(128-89-77(116)76(115)73(112)60(33-102)131-89)62(46)45-23-37(12-15-50(45)106)63(81(118)99-69)96-83(120)65(41)97-82(119)64-40-21-42(104)28-44(22-40)125-54-25-38(13-16-51(54)107)70(109)85(122)93-49(80(117)95-64)20-36-11-17-52(126-56)47(90)19-36/h11-19,21-30,34,49,58-60,63-69,71-78,87-89,100-102,104-107,110-116H,4-10,20,31-33H2,1-3H3,(H,92,103)(H,93,122)(H,94,108)(H,95,117)(H,96,120)(H,97,119)(H,98,121)(H,99,118)(H,123,124)/t34?,49-,58-,59-,60-,63-,64+,65-,66-,67-,68-,69+,71-,72-,73-,74-,75-,76+,77+,78-,87+,88+,89+/m1/s1. The fourth-order valence-electron chi connectivity index (χ4n) is 16.5. The highest BCUT2D eigenvalue weighted by Gasteiger charge is 2.52. The van der Waals surface area contributed by atoms with Crippen LogP contribution in [-0.2, 0) is 68.5 Å². The number of Topliss-reactive ketones (excluding diaryl/α,β-unsaturated/α-hetero) is 1. The molecule has 1 unspecified atom stereocenters. The predicted octanol–water partition coefficient (Wildman–Crippen LogP) is 1.59. The van der Waals surface area contributed by atoms with Crippen molar-refractivity contribution in [2.75, 3.05) is 19.8 Å². The van der Waals surface area contributed by atoms with E-state index in [1.165, 1.54) is 18.2 Å². The van der Waals surface area contributed by atoms with Crippen LogP contribution in [0.15, 0.2) is 115 Å². The summed E-state index contributed by atoms with van der Waals surface area (Å²) in [6.07, 6.45) is -25.2. The van der Waals surface area contributed by atoms with Gasteiger partial charge in [-0.3, -0.25) is 43.2 Å². The van der Waals surface area contributed by atoms with Gasteiger partial charge < -0.3 is 162 Å². The zero-order chi connectivity index (χ0) is 95.6. The molecule has 0 saturated carbocycles. The predicted molar refractivity (Wildman–Crippen MR) is 455 cm³/mol. The normalized spacial score (nSPS) is 28.4. The molecule has 44 heteroatoms. The number of halogens is 2. The zero-order valence-corrected chi connectivity index (χ0v) is 72.3. The Labute approximate surface area is 764 Å². The van der Waals surface area contributed by atoms with Gasteiger partial charge in [0.1, 0.15) is 150 Å². The van der Waals surface area contributed by atoms with Crippen LogP contribution in [0.3, 0.4) is 0 Å². The Bertz CT molecular complexity index is 5640. The number of benzene rings is 7. The van der Waals surface area contributed by atoms with Crippen molar-refractivity contribution in [1.82, 2.24) is 42.5 Å². The zero-order valence-electron chi connectivity index (χ0n) is 70.7. The molecule has 0 radical (unpaired) electrons.